The molecule has 3 atom stereocenters. The summed E-state index contributed by atoms with van der Waals surface area (Å²) >= 11 is 0. The molecule has 2 saturated heterocycles. The van der Waals surface area contributed by atoms with Crippen molar-refractivity contribution in [2.45, 2.75) is 103 Å². The van der Waals surface area contributed by atoms with E-state index in [0.29, 0.717) is 25.7 Å². The monoisotopic (exact) mass is 718 g/mol. The van der Waals surface area contributed by atoms with Crippen molar-refractivity contribution in [3.05, 3.63) is 120 Å². The number of benzene rings is 4. The highest BCUT2D eigenvalue weighted by Crippen LogP contribution is 2.28. The minimum atomic E-state index is -1.16. The molecule has 1 unspecified atom stereocenters. The standard InChI is InChI=1S/C22H25NO4.C22H25NO3/c1-22(2,3)27-21(26)23-18(14-19(24)20(23)25)13-15-9-11-17(12-10-15)16-7-5-4-6-8-16;1-22(2,3)26-21(25)23-19(13-14-20(23)24)15-16-9-11-18(12-10-16)17-7-5-4-6-8-17/h4-12,18-19,24H,13-14H2,1-3H3;4-12,19H,13-15H2,1-3H3/t18-,19?;19-/m10/s1. The van der Waals surface area contributed by atoms with Gasteiger partial charge in [0, 0.05) is 18.9 Å². The summed E-state index contributed by atoms with van der Waals surface area (Å²) in [6.07, 6.45) is 0.0344. The van der Waals surface area contributed by atoms with E-state index >= 15 is 0 Å². The number of hydrogen-bond donors (Lipinski definition) is 1. The SMILES string of the molecule is CC(C)(C)OC(=O)N1C(=O)C(O)C[C@H]1Cc1ccc(-c2ccccc2)cc1.CC(C)(C)OC(=O)N1C(=O)CC[C@H]1Cc1ccc(-c2ccccc2)cc1. The molecule has 0 aliphatic carbocycles. The smallest absolute Gasteiger partial charge is 0.417 e. The molecule has 2 heterocycles. The van der Waals surface area contributed by atoms with Gasteiger partial charge in [0.25, 0.3) is 5.91 Å². The number of rotatable bonds is 6. The Morgan fingerprint density at radius 1 is 0.604 bits per heavy atom. The van der Waals surface area contributed by atoms with Crippen molar-refractivity contribution in [1.29, 1.82) is 0 Å². The van der Waals surface area contributed by atoms with E-state index in [4.69, 9.17) is 9.47 Å². The van der Waals surface area contributed by atoms with Crippen LogP contribution in [-0.2, 0) is 31.9 Å². The van der Waals surface area contributed by atoms with Crippen LogP contribution in [-0.4, -0.2) is 68.3 Å². The zero-order valence-electron chi connectivity index (χ0n) is 31.5. The molecule has 53 heavy (non-hydrogen) atoms. The Bertz CT molecular complexity index is 1860. The summed E-state index contributed by atoms with van der Waals surface area (Å²) in [5.41, 5.74) is 5.35. The molecule has 6 rings (SSSR count). The Balaban J connectivity index is 0.000000204. The van der Waals surface area contributed by atoms with Gasteiger partial charge in [0.2, 0.25) is 5.91 Å². The first kappa shape index (κ1) is 38.9. The summed E-state index contributed by atoms with van der Waals surface area (Å²) < 4.78 is 10.7. The van der Waals surface area contributed by atoms with Crippen LogP contribution in [0.4, 0.5) is 9.59 Å². The first-order valence-corrected chi connectivity index (χ1v) is 18.2. The van der Waals surface area contributed by atoms with Gasteiger partial charge < -0.3 is 14.6 Å². The topological polar surface area (TPSA) is 113 Å². The summed E-state index contributed by atoms with van der Waals surface area (Å²) in [5, 5.41) is 9.96. The Hall–Kier alpha value is -5.28. The predicted octanol–water partition coefficient (Wildman–Crippen LogP) is 8.62. The van der Waals surface area contributed by atoms with E-state index in [1.54, 1.807) is 20.8 Å². The lowest BCUT2D eigenvalue weighted by molar-refractivity contribution is -0.134. The lowest BCUT2D eigenvalue weighted by Gasteiger charge is -2.27. The number of carbonyl (C=O) groups is 4. The van der Waals surface area contributed by atoms with Gasteiger partial charge in [-0.05, 0) is 94.2 Å². The molecule has 0 aromatic heterocycles. The number of ether oxygens (including phenoxy) is 2. The van der Waals surface area contributed by atoms with Crippen LogP contribution in [0.5, 0.6) is 0 Å². The third-order valence-corrected chi connectivity index (χ3v) is 8.95. The molecular formula is C44H50N2O7. The third-order valence-electron chi connectivity index (χ3n) is 8.95. The van der Waals surface area contributed by atoms with Gasteiger partial charge in [-0.2, -0.15) is 0 Å². The maximum Gasteiger partial charge on any atom is 0.417 e. The highest BCUT2D eigenvalue weighted by atomic mass is 16.6. The van der Waals surface area contributed by atoms with Crippen LogP contribution in [0.3, 0.4) is 0 Å². The Morgan fingerprint density at radius 3 is 1.43 bits per heavy atom. The van der Waals surface area contributed by atoms with Gasteiger partial charge in [-0.3, -0.25) is 9.59 Å². The van der Waals surface area contributed by atoms with E-state index in [9.17, 15) is 24.3 Å². The number of likely N-dealkylation sites (tertiary alicyclic amines) is 2. The van der Waals surface area contributed by atoms with Crippen molar-refractivity contribution in [2.24, 2.45) is 0 Å². The maximum atomic E-state index is 12.4. The largest absolute Gasteiger partial charge is 0.443 e. The fourth-order valence-corrected chi connectivity index (χ4v) is 6.50. The van der Waals surface area contributed by atoms with Gasteiger partial charge in [0.15, 0.2) is 0 Å². The van der Waals surface area contributed by atoms with Crippen LogP contribution >= 0.6 is 0 Å². The average molecular weight is 719 g/mol. The molecule has 4 aromatic carbocycles. The van der Waals surface area contributed by atoms with Crippen molar-refractivity contribution in [1.82, 2.24) is 9.80 Å². The maximum absolute atomic E-state index is 12.4. The van der Waals surface area contributed by atoms with Crippen LogP contribution in [0.2, 0.25) is 0 Å². The van der Waals surface area contributed by atoms with E-state index in [2.05, 4.69) is 36.4 Å². The number of carbonyl (C=O) groups excluding carboxylic acids is 4. The molecule has 4 amide bonds. The van der Waals surface area contributed by atoms with Gasteiger partial charge in [0.05, 0.1) is 6.04 Å². The molecule has 0 bridgehead atoms. The Morgan fingerprint density at radius 2 is 1.00 bits per heavy atom. The second-order valence-corrected chi connectivity index (χ2v) is 15.6. The number of aliphatic hydroxyl groups excluding tert-OH is 1. The van der Waals surface area contributed by atoms with E-state index in [1.807, 2.05) is 93.6 Å². The van der Waals surface area contributed by atoms with Gasteiger partial charge in [-0.15, -0.1) is 0 Å². The average Bonchev–Trinajstić information content (AvgIpc) is 3.61. The van der Waals surface area contributed by atoms with E-state index in [-0.39, 0.29) is 18.4 Å². The molecular weight excluding hydrogens is 668 g/mol. The molecule has 2 fully saturated rings. The molecule has 0 spiro atoms. The molecule has 9 heteroatoms. The fourth-order valence-electron chi connectivity index (χ4n) is 6.50. The number of imide groups is 2. The second kappa shape index (κ2) is 16.6. The van der Waals surface area contributed by atoms with Crippen molar-refractivity contribution < 1.29 is 33.8 Å². The van der Waals surface area contributed by atoms with Crippen LogP contribution in [0.25, 0.3) is 22.3 Å². The zero-order chi connectivity index (χ0) is 38.3. The zero-order valence-corrected chi connectivity index (χ0v) is 31.5. The summed E-state index contributed by atoms with van der Waals surface area (Å²) in [6, 6.07) is 36.0. The molecule has 9 nitrogen and oxygen atoms in total. The van der Waals surface area contributed by atoms with Crippen molar-refractivity contribution in [2.75, 3.05) is 0 Å². The lowest BCUT2D eigenvalue weighted by Crippen LogP contribution is -2.44. The van der Waals surface area contributed by atoms with Crippen LogP contribution in [0.1, 0.15) is 71.9 Å². The van der Waals surface area contributed by atoms with Gasteiger partial charge >= 0.3 is 12.2 Å². The van der Waals surface area contributed by atoms with Crippen LogP contribution in [0.15, 0.2) is 109 Å². The van der Waals surface area contributed by atoms with Crippen LogP contribution in [0, 0.1) is 0 Å². The quantitative estimate of drug-likeness (QED) is 0.212. The van der Waals surface area contributed by atoms with Crippen molar-refractivity contribution >= 4 is 24.0 Å². The van der Waals surface area contributed by atoms with Crippen molar-refractivity contribution in [3.63, 3.8) is 0 Å². The number of hydrogen-bond acceptors (Lipinski definition) is 7. The summed E-state index contributed by atoms with van der Waals surface area (Å²) in [4.78, 5) is 51.6. The summed E-state index contributed by atoms with van der Waals surface area (Å²) in [6.45, 7) is 10.7. The molecule has 1 N–H and O–H groups in total. The highest BCUT2D eigenvalue weighted by molar-refractivity contribution is 5.97. The minimum Gasteiger partial charge on any atom is -0.443 e. The Kier molecular flexibility index (Phi) is 12.2. The van der Waals surface area contributed by atoms with E-state index in [0.717, 1.165) is 32.7 Å². The number of aliphatic hydroxyl groups is 1. The van der Waals surface area contributed by atoms with Gasteiger partial charge in [0.1, 0.15) is 17.3 Å². The summed E-state index contributed by atoms with van der Waals surface area (Å²) in [5.74, 6) is -0.736. The van der Waals surface area contributed by atoms with E-state index < -0.39 is 41.4 Å². The normalized spacial score (nSPS) is 18.7. The Labute approximate surface area is 312 Å². The molecule has 2 aliphatic rings. The van der Waals surface area contributed by atoms with Gasteiger partial charge in [-0.25, -0.2) is 19.4 Å². The predicted molar refractivity (Wildman–Crippen MR) is 205 cm³/mol. The second-order valence-electron chi connectivity index (χ2n) is 15.6. The van der Waals surface area contributed by atoms with Crippen molar-refractivity contribution in [3.8, 4) is 22.3 Å². The molecule has 4 aromatic rings. The first-order chi connectivity index (χ1) is 25.1. The summed E-state index contributed by atoms with van der Waals surface area (Å²) in [7, 11) is 0. The fraction of sp³-hybridized carbons (Fsp3) is 0.364. The molecule has 2 aliphatic heterocycles. The van der Waals surface area contributed by atoms with Gasteiger partial charge in [-0.1, -0.05) is 109 Å². The van der Waals surface area contributed by atoms with E-state index in [1.165, 1.54) is 10.5 Å². The third kappa shape index (κ3) is 10.6. The molecule has 0 saturated carbocycles. The first-order valence-electron chi connectivity index (χ1n) is 18.2. The lowest BCUT2D eigenvalue weighted by atomic mass is 9.99. The molecule has 0 radical (unpaired) electrons. The number of amides is 4. The number of nitrogens with zero attached hydrogens (tertiary/aromatic N) is 2. The van der Waals surface area contributed by atoms with Crippen LogP contribution < -0.4 is 0 Å². The molecule has 278 valence electrons. The minimum absolute atomic E-state index is 0.139. The highest BCUT2D eigenvalue weighted by Gasteiger charge is 2.44.